The molecule has 0 bridgehead atoms. The van der Waals surface area contributed by atoms with Gasteiger partial charge in [-0.1, -0.05) is 12.5 Å². The summed E-state index contributed by atoms with van der Waals surface area (Å²) in [5.74, 6) is 0.341. The van der Waals surface area contributed by atoms with Crippen molar-refractivity contribution in [2.24, 2.45) is 0 Å². The highest BCUT2D eigenvalue weighted by atomic mass is 16.4. The second-order valence-electron chi connectivity index (χ2n) is 5.71. The number of carboxylic acids is 1. The number of nitrogens with zero attached hydrogens (tertiary/aromatic N) is 4. The van der Waals surface area contributed by atoms with E-state index in [1.807, 2.05) is 0 Å². The number of carbonyl (C=O) groups excluding carboxylic acids is 1. The molecule has 24 heavy (non-hydrogen) atoms. The Morgan fingerprint density at radius 1 is 1.17 bits per heavy atom. The number of aromatic carboxylic acids is 1. The van der Waals surface area contributed by atoms with E-state index in [9.17, 15) is 9.59 Å². The van der Waals surface area contributed by atoms with Crippen LogP contribution >= 0.6 is 0 Å². The third kappa shape index (κ3) is 3.58. The second-order valence-corrected chi connectivity index (χ2v) is 5.71. The quantitative estimate of drug-likeness (QED) is 0.849. The number of hydrogen-bond donors (Lipinski definition) is 2. The molecule has 0 fully saturated rings. The number of fused-ring (bicyclic) bond motifs is 1. The Morgan fingerprint density at radius 3 is 2.83 bits per heavy atom. The summed E-state index contributed by atoms with van der Waals surface area (Å²) in [6.45, 7) is 1.32. The van der Waals surface area contributed by atoms with Crippen molar-refractivity contribution in [2.45, 2.75) is 38.6 Å². The zero-order valence-electron chi connectivity index (χ0n) is 13.2. The summed E-state index contributed by atoms with van der Waals surface area (Å²) < 4.78 is 2.14. The summed E-state index contributed by atoms with van der Waals surface area (Å²) in [6, 6.07) is 4.35. The van der Waals surface area contributed by atoms with Crippen molar-refractivity contribution in [1.29, 1.82) is 0 Å². The summed E-state index contributed by atoms with van der Waals surface area (Å²) in [5.41, 5.74) is -0.0552. The van der Waals surface area contributed by atoms with Crippen LogP contribution in [0.4, 0.5) is 0 Å². The van der Waals surface area contributed by atoms with Crippen LogP contribution in [0.1, 0.15) is 51.9 Å². The highest BCUT2D eigenvalue weighted by Gasteiger charge is 2.15. The van der Waals surface area contributed by atoms with Gasteiger partial charge in [-0.15, -0.1) is 10.2 Å². The molecule has 3 heterocycles. The zero-order valence-corrected chi connectivity index (χ0v) is 13.2. The lowest BCUT2D eigenvalue weighted by Crippen LogP contribution is -2.27. The highest BCUT2D eigenvalue weighted by molar-refractivity contribution is 5.94. The fourth-order valence-corrected chi connectivity index (χ4v) is 2.79. The molecule has 8 heteroatoms. The number of pyridine rings is 1. The first-order valence-electron chi connectivity index (χ1n) is 8.04. The molecule has 0 atom stereocenters. The summed E-state index contributed by atoms with van der Waals surface area (Å²) >= 11 is 0. The second kappa shape index (κ2) is 7.20. The fraction of sp³-hybridized carbons (Fsp3) is 0.438. The Hall–Kier alpha value is -2.77. The maximum atomic E-state index is 12.1. The molecule has 3 rings (SSSR count). The number of nitrogens with one attached hydrogen (secondary N) is 1. The van der Waals surface area contributed by atoms with Crippen molar-refractivity contribution in [3.63, 3.8) is 0 Å². The van der Waals surface area contributed by atoms with Gasteiger partial charge >= 0.3 is 5.97 Å². The Kier molecular flexibility index (Phi) is 4.83. The van der Waals surface area contributed by atoms with Gasteiger partial charge in [0.25, 0.3) is 5.91 Å². The topological polar surface area (TPSA) is 110 Å². The number of carboxylic acid groups (broad SMARTS) is 1. The summed E-state index contributed by atoms with van der Waals surface area (Å²) in [6.07, 6.45) is 4.99. The molecule has 2 N–H and O–H groups in total. The average Bonchev–Trinajstić information content (AvgIpc) is 2.81. The van der Waals surface area contributed by atoms with Crippen LogP contribution in [0.5, 0.6) is 0 Å². The van der Waals surface area contributed by atoms with Crippen LogP contribution < -0.4 is 5.32 Å². The molecule has 0 spiro atoms. The minimum absolute atomic E-state index is 0.0926. The van der Waals surface area contributed by atoms with Crippen LogP contribution in [0.15, 0.2) is 18.2 Å². The smallest absolute Gasteiger partial charge is 0.354 e. The third-order valence-electron chi connectivity index (χ3n) is 4.02. The first kappa shape index (κ1) is 16.1. The van der Waals surface area contributed by atoms with E-state index >= 15 is 0 Å². The van der Waals surface area contributed by atoms with Gasteiger partial charge in [0, 0.05) is 25.9 Å². The number of amides is 1. The SMILES string of the molecule is O=C(O)c1cccc(C(=O)NCCc2nnc3n2CCCCC3)n1. The van der Waals surface area contributed by atoms with E-state index in [-0.39, 0.29) is 11.4 Å². The zero-order chi connectivity index (χ0) is 16.9. The van der Waals surface area contributed by atoms with Crippen LogP contribution in [0.25, 0.3) is 0 Å². The van der Waals surface area contributed by atoms with Crippen molar-refractivity contribution in [1.82, 2.24) is 25.1 Å². The van der Waals surface area contributed by atoms with Crippen LogP contribution in [0.3, 0.4) is 0 Å². The summed E-state index contributed by atoms with van der Waals surface area (Å²) in [4.78, 5) is 26.8. The molecule has 1 amide bonds. The molecule has 126 valence electrons. The number of carbonyl (C=O) groups is 2. The molecule has 8 nitrogen and oxygen atoms in total. The first-order chi connectivity index (χ1) is 11.6. The van der Waals surface area contributed by atoms with Crippen molar-refractivity contribution in [3.8, 4) is 0 Å². The molecule has 0 saturated heterocycles. The van der Waals surface area contributed by atoms with Crippen LogP contribution in [-0.2, 0) is 19.4 Å². The van der Waals surface area contributed by atoms with E-state index in [0.29, 0.717) is 13.0 Å². The van der Waals surface area contributed by atoms with Gasteiger partial charge in [0.2, 0.25) is 0 Å². The van der Waals surface area contributed by atoms with Crippen molar-refractivity contribution >= 4 is 11.9 Å². The molecule has 0 radical (unpaired) electrons. The fourth-order valence-electron chi connectivity index (χ4n) is 2.79. The van der Waals surface area contributed by atoms with Crippen LogP contribution in [0, 0.1) is 0 Å². The average molecular weight is 329 g/mol. The molecule has 0 unspecified atom stereocenters. The van der Waals surface area contributed by atoms with Crippen molar-refractivity contribution in [2.75, 3.05) is 6.54 Å². The van der Waals surface area contributed by atoms with Gasteiger partial charge < -0.3 is 15.0 Å². The van der Waals surface area contributed by atoms with Gasteiger partial charge in [0.15, 0.2) is 0 Å². The molecular formula is C16H19N5O3. The van der Waals surface area contributed by atoms with E-state index in [1.54, 1.807) is 0 Å². The van der Waals surface area contributed by atoms with E-state index in [4.69, 9.17) is 5.11 Å². The maximum absolute atomic E-state index is 12.1. The monoisotopic (exact) mass is 329 g/mol. The lowest BCUT2D eigenvalue weighted by atomic mass is 10.2. The minimum atomic E-state index is -1.16. The summed E-state index contributed by atoms with van der Waals surface area (Å²) in [7, 11) is 0. The largest absolute Gasteiger partial charge is 0.477 e. The van der Waals surface area contributed by atoms with Gasteiger partial charge in [0.05, 0.1) is 0 Å². The molecule has 1 aliphatic rings. The predicted molar refractivity (Wildman–Crippen MR) is 84.8 cm³/mol. The van der Waals surface area contributed by atoms with Gasteiger partial charge in [0.1, 0.15) is 23.0 Å². The standard InChI is InChI=1S/C16H19N5O3/c22-15(11-5-4-6-12(18-11)16(23)24)17-9-8-14-20-19-13-7-2-1-3-10-21(13)14/h4-6H,1-3,7-10H2,(H,17,22)(H,23,24). The molecule has 1 aliphatic heterocycles. The van der Waals surface area contributed by atoms with E-state index in [2.05, 4.69) is 25.1 Å². The van der Waals surface area contributed by atoms with Gasteiger partial charge in [-0.3, -0.25) is 4.79 Å². The first-order valence-corrected chi connectivity index (χ1v) is 8.04. The number of aryl methyl sites for hydroxylation is 1. The lowest BCUT2D eigenvalue weighted by molar-refractivity contribution is 0.0690. The van der Waals surface area contributed by atoms with Crippen molar-refractivity contribution in [3.05, 3.63) is 41.2 Å². The normalized spacial score (nSPS) is 13.8. The maximum Gasteiger partial charge on any atom is 0.354 e. The molecule has 0 saturated carbocycles. The van der Waals surface area contributed by atoms with Crippen LogP contribution in [0.2, 0.25) is 0 Å². The minimum Gasteiger partial charge on any atom is -0.477 e. The highest BCUT2D eigenvalue weighted by Crippen LogP contribution is 2.14. The van der Waals surface area contributed by atoms with Crippen molar-refractivity contribution < 1.29 is 14.7 Å². The Bertz CT molecular complexity index is 756. The van der Waals surface area contributed by atoms with Crippen LogP contribution in [-0.4, -0.2) is 43.3 Å². The van der Waals surface area contributed by atoms with Gasteiger partial charge in [-0.25, -0.2) is 9.78 Å². The van der Waals surface area contributed by atoms with E-state index in [0.717, 1.165) is 37.5 Å². The van der Waals surface area contributed by atoms with E-state index < -0.39 is 11.9 Å². The Balaban J connectivity index is 1.59. The lowest BCUT2D eigenvalue weighted by Gasteiger charge is -2.08. The number of aromatic nitrogens is 4. The van der Waals surface area contributed by atoms with E-state index in [1.165, 1.54) is 24.6 Å². The number of rotatable bonds is 5. The Morgan fingerprint density at radius 2 is 2.00 bits per heavy atom. The third-order valence-corrected chi connectivity index (χ3v) is 4.02. The number of hydrogen-bond acceptors (Lipinski definition) is 5. The Labute approximate surface area is 138 Å². The van der Waals surface area contributed by atoms with Gasteiger partial charge in [-0.2, -0.15) is 0 Å². The molecule has 2 aromatic heterocycles. The summed E-state index contributed by atoms with van der Waals surface area (Å²) in [5, 5.41) is 20.1. The van der Waals surface area contributed by atoms with Gasteiger partial charge in [-0.05, 0) is 25.0 Å². The molecular weight excluding hydrogens is 310 g/mol. The predicted octanol–water partition coefficient (Wildman–Crippen LogP) is 1.07. The molecule has 0 aromatic carbocycles. The molecule has 0 aliphatic carbocycles. The molecule has 2 aromatic rings.